The van der Waals surface area contributed by atoms with Gasteiger partial charge in [0.15, 0.2) is 0 Å². The normalized spacial score (nSPS) is 10.3. The Morgan fingerprint density at radius 1 is 1.27 bits per heavy atom. The molecule has 0 saturated heterocycles. The molecule has 2 aromatic rings. The first-order valence-corrected chi connectivity index (χ1v) is 5.04. The summed E-state index contributed by atoms with van der Waals surface area (Å²) in [6.45, 7) is 0. The first kappa shape index (κ1) is 9.93. The lowest BCUT2D eigenvalue weighted by Crippen LogP contribution is -1.97. The maximum Gasteiger partial charge on any atom is 0.147 e. The summed E-state index contributed by atoms with van der Waals surface area (Å²) in [5.41, 5.74) is 2.17. The van der Waals surface area contributed by atoms with Crippen LogP contribution in [0.2, 0.25) is 0 Å². The van der Waals surface area contributed by atoms with Crippen molar-refractivity contribution in [1.29, 1.82) is 5.26 Å². The van der Waals surface area contributed by atoms with Gasteiger partial charge in [-0.1, -0.05) is 0 Å². The molecule has 0 bridgehead atoms. The molecule has 2 aromatic heterocycles. The SMILES string of the molecule is Cn1ncc(-c2c(Br)cnn2C)c1C#N. The highest BCUT2D eigenvalue weighted by Gasteiger charge is 2.16. The summed E-state index contributed by atoms with van der Waals surface area (Å²) >= 11 is 3.40. The van der Waals surface area contributed by atoms with Crippen LogP contribution in [0.25, 0.3) is 11.3 Å². The van der Waals surface area contributed by atoms with E-state index in [2.05, 4.69) is 32.2 Å². The molecule has 0 saturated carbocycles. The van der Waals surface area contributed by atoms with Gasteiger partial charge in [0.05, 0.1) is 28.1 Å². The molecule has 6 heteroatoms. The zero-order valence-electron chi connectivity index (χ0n) is 8.27. The highest BCUT2D eigenvalue weighted by atomic mass is 79.9. The summed E-state index contributed by atoms with van der Waals surface area (Å²) in [4.78, 5) is 0. The molecule has 0 aliphatic rings. The summed E-state index contributed by atoms with van der Waals surface area (Å²) in [6, 6.07) is 2.13. The van der Waals surface area contributed by atoms with Crippen molar-refractivity contribution in [3.05, 3.63) is 22.6 Å². The minimum Gasteiger partial charge on any atom is -0.267 e. The Labute approximate surface area is 95.1 Å². The third kappa shape index (κ3) is 1.45. The number of hydrogen-bond donors (Lipinski definition) is 0. The molecule has 0 unspecified atom stereocenters. The molecular weight excluding hydrogens is 258 g/mol. The lowest BCUT2D eigenvalue weighted by molar-refractivity contribution is 0.754. The number of nitriles is 1. The third-order valence-corrected chi connectivity index (χ3v) is 2.77. The Balaban J connectivity index is 2.70. The van der Waals surface area contributed by atoms with E-state index in [4.69, 9.17) is 5.26 Å². The zero-order chi connectivity index (χ0) is 11.0. The van der Waals surface area contributed by atoms with Crippen LogP contribution in [0.4, 0.5) is 0 Å². The predicted molar refractivity (Wildman–Crippen MR) is 57.8 cm³/mol. The fourth-order valence-electron chi connectivity index (χ4n) is 1.46. The molecule has 15 heavy (non-hydrogen) atoms. The van der Waals surface area contributed by atoms with E-state index in [0.717, 1.165) is 15.7 Å². The van der Waals surface area contributed by atoms with Crippen LogP contribution in [0.1, 0.15) is 5.69 Å². The Hall–Kier alpha value is -1.61. The second-order valence-corrected chi connectivity index (χ2v) is 3.96. The summed E-state index contributed by atoms with van der Waals surface area (Å²) in [7, 11) is 3.57. The van der Waals surface area contributed by atoms with Gasteiger partial charge in [-0.3, -0.25) is 9.36 Å². The predicted octanol–water partition coefficient (Wildman–Crippen LogP) is 1.45. The average Bonchev–Trinajstić information content (AvgIpc) is 2.71. The molecule has 0 aliphatic heterocycles. The summed E-state index contributed by atoms with van der Waals surface area (Å²) in [5.74, 6) is 0. The topological polar surface area (TPSA) is 59.4 Å². The molecule has 0 spiro atoms. The highest BCUT2D eigenvalue weighted by molar-refractivity contribution is 9.10. The number of rotatable bonds is 1. The molecule has 0 amide bonds. The fraction of sp³-hybridized carbons (Fsp3) is 0.222. The summed E-state index contributed by atoms with van der Waals surface area (Å²) in [5, 5.41) is 17.2. The van der Waals surface area contributed by atoms with E-state index in [1.807, 2.05) is 7.05 Å². The quantitative estimate of drug-likeness (QED) is 0.785. The van der Waals surface area contributed by atoms with Crippen LogP contribution in [-0.4, -0.2) is 19.6 Å². The molecule has 0 aromatic carbocycles. The smallest absolute Gasteiger partial charge is 0.147 e. The van der Waals surface area contributed by atoms with E-state index in [-0.39, 0.29) is 0 Å². The Kier molecular flexibility index (Phi) is 2.32. The van der Waals surface area contributed by atoms with Crippen molar-refractivity contribution in [2.75, 3.05) is 0 Å². The van der Waals surface area contributed by atoms with Crippen molar-refractivity contribution in [3.8, 4) is 17.3 Å². The van der Waals surface area contributed by atoms with Crippen molar-refractivity contribution in [3.63, 3.8) is 0 Å². The van der Waals surface area contributed by atoms with Crippen molar-refractivity contribution >= 4 is 15.9 Å². The lowest BCUT2D eigenvalue weighted by Gasteiger charge is -2.00. The first-order chi connectivity index (χ1) is 7.15. The Morgan fingerprint density at radius 3 is 2.47 bits per heavy atom. The second-order valence-electron chi connectivity index (χ2n) is 3.11. The first-order valence-electron chi connectivity index (χ1n) is 4.25. The van der Waals surface area contributed by atoms with E-state index in [1.54, 1.807) is 28.8 Å². The van der Waals surface area contributed by atoms with E-state index < -0.39 is 0 Å². The van der Waals surface area contributed by atoms with Crippen LogP contribution in [-0.2, 0) is 14.1 Å². The van der Waals surface area contributed by atoms with Crippen molar-refractivity contribution in [2.24, 2.45) is 14.1 Å². The van der Waals surface area contributed by atoms with Gasteiger partial charge in [0, 0.05) is 14.1 Å². The molecule has 0 fully saturated rings. The van der Waals surface area contributed by atoms with Crippen LogP contribution in [0, 0.1) is 11.3 Å². The van der Waals surface area contributed by atoms with E-state index in [1.165, 1.54) is 0 Å². The van der Waals surface area contributed by atoms with Crippen LogP contribution in [0.3, 0.4) is 0 Å². The van der Waals surface area contributed by atoms with Gasteiger partial charge >= 0.3 is 0 Å². The summed E-state index contributed by atoms with van der Waals surface area (Å²) in [6.07, 6.45) is 3.36. The van der Waals surface area contributed by atoms with Gasteiger partial charge in [-0.2, -0.15) is 15.5 Å². The number of hydrogen-bond acceptors (Lipinski definition) is 3. The molecule has 0 N–H and O–H groups in total. The molecular formula is C9H8BrN5. The minimum atomic E-state index is 0.527. The molecule has 2 heterocycles. The molecule has 0 atom stereocenters. The monoisotopic (exact) mass is 265 g/mol. The number of nitrogens with zero attached hydrogens (tertiary/aromatic N) is 5. The van der Waals surface area contributed by atoms with Gasteiger partial charge in [0.1, 0.15) is 11.8 Å². The van der Waals surface area contributed by atoms with Gasteiger partial charge < -0.3 is 0 Å². The van der Waals surface area contributed by atoms with Gasteiger partial charge in [0.25, 0.3) is 0 Å². The maximum atomic E-state index is 9.01. The molecule has 0 aliphatic carbocycles. The van der Waals surface area contributed by atoms with Crippen LogP contribution in [0.15, 0.2) is 16.9 Å². The van der Waals surface area contributed by atoms with Gasteiger partial charge in [-0.05, 0) is 15.9 Å². The van der Waals surface area contributed by atoms with Gasteiger partial charge in [-0.15, -0.1) is 0 Å². The summed E-state index contributed by atoms with van der Waals surface area (Å²) < 4.78 is 4.12. The molecule has 0 radical (unpaired) electrons. The third-order valence-electron chi connectivity index (χ3n) is 2.19. The Morgan fingerprint density at radius 2 is 1.93 bits per heavy atom. The lowest BCUT2D eigenvalue weighted by atomic mass is 10.2. The van der Waals surface area contributed by atoms with Crippen LogP contribution >= 0.6 is 15.9 Å². The van der Waals surface area contributed by atoms with Gasteiger partial charge in [-0.25, -0.2) is 0 Å². The standard InChI is InChI=1S/C9H8BrN5/c1-14-8(3-11)6(4-12-14)9-7(10)5-13-15(9)2/h4-5H,1-2H3. The van der Waals surface area contributed by atoms with E-state index >= 15 is 0 Å². The number of halogens is 1. The van der Waals surface area contributed by atoms with Gasteiger partial charge in [0.2, 0.25) is 0 Å². The highest BCUT2D eigenvalue weighted by Crippen LogP contribution is 2.29. The molecule has 2 rings (SSSR count). The fourth-order valence-corrected chi connectivity index (χ4v) is 2.02. The van der Waals surface area contributed by atoms with Crippen molar-refractivity contribution < 1.29 is 0 Å². The van der Waals surface area contributed by atoms with Crippen LogP contribution < -0.4 is 0 Å². The van der Waals surface area contributed by atoms with E-state index in [0.29, 0.717) is 5.69 Å². The van der Waals surface area contributed by atoms with Crippen molar-refractivity contribution in [2.45, 2.75) is 0 Å². The number of aryl methyl sites for hydroxylation is 2. The average molecular weight is 266 g/mol. The largest absolute Gasteiger partial charge is 0.267 e. The zero-order valence-corrected chi connectivity index (χ0v) is 9.85. The molecule has 76 valence electrons. The van der Waals surface area contributed by atoms with Crippen LogP contribution in [0.5, 0.6) is 0 Å². The minimum absolute atomic E-state index is 0.527. The molecule has 5 nitrogen and oxygen atoms in total. The van der Waals surface area contributed by atoms with E-state index in [9.17, 15) is 0 Å². The second kappa shape index (κ2) is 3.51. The Bertz CT molecular complexity index is 526. The maximum absolute atomic E-state index is 9.01. The van der Waals surface area contributed by atoms with Crippen molar-refractivity contribution in [1.82, 2.24) is 19.6 Å². The number of aromatic nitrogens is 4.